The van der Waals surface area contributed by atoms with E-state index in [9.17, 15) is 17.5 Å². The van der Waals surface area contributed by atoms with Gasteiger partial charge in [0.2, 0.25) is 6.35 Å². The van der Waals surface area contributed by atoms with Crippen LogP contribution in [0.3, 0.4) is 0 Å². The van der Waals surface area contributed by atoms with E-state index in [4.69, 9.17) is 4.18 Å². The van der Waals surface area contributed by atoms with Crippen molar-refractivity contribution in [2.75, 3.05) is 10.8 Å². The normalized spacial score (nSPS) is 17.7. The third-order valence-corrected chi connectivity index (χ3v) is 6.58. The van der Waals surface area contributed by atoms with Gasteiger partial charge in [-0.15, -0.1) is 0 Å². The van der Waals surface area contributed by atoms with Crippen molar-refractivity contribution in [2.24, 2.45) is 0 Å². The highest BCUT2D eigenvalue weighted by molar-refractivity contribution is 7.79. The molecule has 35 heavy (non-hydrogen) atoms. The van der Waals surface area contributed by atoms with E-state index in [0.29, 0.717) is 22.5 Å². The lowest BCUT2D eigenvalue weighted by atomic mass is 10.1. The van der Waals surface area contributed by atoms with Crippen molar-refractivity contribution in [3.8, 4) is 0 Å². The van der Waals surface area contributed by atoms with Gasteiger partial charge in [0.1, 0.15) is 12.2 Å². The zero-order valence-corrected chi connectivity index (χ0v) is 19.9. The van der Waals surface area contributed by atoms with Crippen molar-refractivity contribution in [1.29, 1.82) is 0 Å². The molecular formula is C22H22N6O5S2. The van der Waals surface area contributed by atoms with Crippen LogP contribution in [0.2, 0.25) is 0 Å². The largest absolute Gasteiger partial charge is 0.305 e. The molecule has 0 spiro atoms. The number of aromatic nitrogens is 4. The molecule has 3 N–H and O–H groups in total. The Kier molecular flexibility index (Phi) is 6.95. The van der Waals surface area contributed by atoms with Crippen LogP contribution < -0.4 is 10.2 Å². The first-order valence-corrected chi connectivity index (χ1v) is 13.0. The van der Waals surface area contributed by atoms with Gasteiger partial charge >= 0.3 is 11.4 Å². The molecule has 0 saturated carbocycles. The number of nitrogens with one attached hydrogen (secondary N) is 1. The molecule has 2 heterocycles. The van der Waals surface area contributed by atoms with Gasteiger partial charge in [-0.25, -0.2) is 23.0 Å². The van der Waals surface area contributed by atoms with Crippen LogP contribution in [0.5, 0.6) is 0 Å². The molecule has 13 heteroatoms. The topological polar surface area (TPSA) is 143 Å². The quantitative estimate of drug-likeness (QED) is 0.225. The number of anilines is 2. The smallest absolute Gasteiger partial charge is 0.305 e. The fourth-order valence-corrected chi connectivity index (χ4v) is 5.00. The summed E-state index contributed by atoms with van der Waals surface area (Å²) in [7, 11) is 0. The van der Waals surface area contributed by atoms with Crippen LogP contribution in [0, 0.1) is 0 Å². The lowest BCUT2D eigenvalue weighted by Crippen LogP contribution is -2.47. The molecule has 4 aromatic rings. The van der Waals surface area contributed by atoms with Gasteiger partial charge in [0.15, 0.2) is 22.5 Å². The Morgan fingerprint density at radius 2 is 1.89 bits per heavy atom. The Bertz CT molecular complexity index is 1390. The highest BCUT2D eigenvalue weighted by atomic mass is 32.2. The average molecular weight is 515 g/mol. The lowest BCUT2D eigenvalue weighted by molar-refractivity contribution is 0.179. The van der Waals surface area contributed by atoms with Crippen LogP contribution >= 0.6 is 0 Å². The first kappa shape index (κ1) is 23.7. The summed E-state index contributed by atoms with van der Waals surface area (Å²) < 4.78 is 48.8. The van der Waals surface area contributed by atoms with Crippen molar-refractivity contribution in [3.05, 3.63) is 78.2 Å². The molecule has 4 atom stereocenters. The highest BCUT2D eigenvalue weighted by Gasteiger charge is 2.30. The summed E-state index contributed by atoms with van der Waals surface area (Å²) >= 11 is -4.91. The van der Waals surface area contributed by atoms with Gasteiger partial charge in [0, 0.05) is 5.69 Å². The molecule has 0 radical (unpaired) electrons. The van der Waals surface area contributed by atoms with Crippen LogP contribution in [0.25, 0.3) is 11.0 Å². The Morgan fingerprint density at radius 1 is 1.11 bits per heavy atom. The molecule has 11 nitrogen and oxygen atoms in total. The van der Waals surface area contributed by atoms with Gasteiger partial charge in [0.25, 0.3) is 0 Å². The second-order valence-corrected chi connectivity index (χ2v) is 9.38. The molecule has 0 bridgehead atoms. The Hall–Kier alpha value is -3.07. The second kappa shape index (κ2) is 10.3. The Morgan fingerprint density at radius 3 is 2.66 bits per heavy atom. The van der Waals surface area contributed by atoms with Crippen molar-refractivity contribution in [1.82, 2.24) is 25.1 Å². The van der Waals surface area contributed by atoms with Gasteiger partial charge in [0.05, 0.1) is 17.6 Å². The number of nitrogens with zero attached hydrogens (tertiary/aromatic N) is 5. The second-order valence-electron chi connectivity index (χ2n) is 7.82. The van der Waals surface area contributed by atoms with Crippen LogP contribution in [-0.2, 0) is 33.0 Å². The summed E-state index contributed by atoms with van der Waals surface area (Å²) in [5.41, 5.74) is 3.63. The van der Waals surface area contributed by atoms with Gasteiger partial charge in [-0.3, -0.25) is 14.8 Å². The monoisotopic (exact) mass is 514 g/mol. The number of hydrogen-bond acceptors (Lipinski definition) is 8. The van der Waals surface area contributed by atoms with Crippen LogP contribution in [0.15, 0.2) is 67.1 Å². The highest BCUT2D eigenvalue weighted by Crippen LogP contribution is 2.37. The summed E-state index contributed by atoms with van der Waals surface area (Å²) in [6.45, 7) is 0. The van der Waals surface area contributed by atoms with E-state index < -0.39 is 34.7 Å². The number of rotatable bonds is 9. The summed E-state index contributed by atoms with van der Waals surface area (Å²) in [6, 6.07) is 17.2. The third-order valence-electron chi connectivity index (χ3n) is 5.82. The number of aryl methyl sites for hydroxylation is 1. The molecular weight excluding hydrogens is 492 g/mol. The van der Waals surface area contributed by atoms with E-state index in [1.165, 1.54) is 22.4 Å². The Labute approximate surface area is 205 Å². The predicted molar refractivity (Wildman–Crippen MR) is 131 cm³/mol. The van der Waals surface area contributed by atoms with Crippen molar-refractivity contribution >= 4 is 45.0 Å². The zero-order chi connectivity index (χ0) is 24.4. The molecule has 1 aliphatic rings. The maximum Gasteiger partial charge on any atom is 0.305 e. The summed E-state index contributed by atoms with van der Waals surface area (Å²) in [4.78, 5) is 10.5. The van der Waals surface area contributed by atoms with Gasteiger partial charge in [-0.05, 0) is 36.1 Å². The van der Waals surface area contributed by atoms with E-state index in [-0.39, 0.29) is 6.04 Å². The van der Waals surface area contributed by atoms with E-state index in [1.54, 1.807) is 30.5 Å². The molecule has 0 aliphatic heterocycles. The number of benzene rings is 2. The minimum atomic E-state index is -2.68. The maximum atomic E-state index is 11.6. The fraction of sp³-hybridized carbons (Fsp3) is 0.227. The minimum absolute atomic E-state index is 0.0172. The van der Waals surface area contributed by atoms with Crippen molar-refractivity contribution in [2.45, 2.75) is 25.2 Å². The molecule has 182 valence electrons. The summed E-state index contributed by atoms with van der Waals surface area (Å²) in [5, 5.41) is 7.92. The van der Waals surface area contributed by atoms with Gasteiger partial charge in [-0.1, -0.05) is 42.5 Å². The molecule has 2 aromatic carbocycles. The SMILES string of the molecule is O=S(O)CNC(OS(=O)O)N(c1ccccc1)c1ncnc2c1cnn2C1CCc2ccccc21. The maximum absolute atomic E-state index is 11.6. The zero-order valence-electron chi connectivity index (χ0n) is 18.3. The van der Waals surface area contributed by atoms with E-state index in [2.05, 4.69) is 32.5 Å². The van der Waals surface area contributed by atoms with Gasteiger partial charge < -0.3 is 4.55 Å². The van der Waals surface area contributed by atoms with Crippen LogP contribution in [0.4, 0.5) is 11.5 Å². The average Bonchev–Trinajstić information content (AvgIpc) is 3.47. The lowest BCUT2D eigenvalue weighted by Gasteiger charge is -2.31. The summed E-state index contributed by atoms with van der Waals surface area (Å²) in [6.07, 6.45) is 3.57. The molecule has 1 aliphatic carbocycles. The molecule has 4 unspecified atom stereocenters. The molecule has 0 amide bonds. The number of hydrogen-bond donors (Lipinski definition) is 3. The molecule has 5 rings (SSSR count). The van der Waals surface area contributed by atoms with Crippen LogP contribution in [0.1, 0.15) is 23.6 Å². The standard InChI is InChI=1S/C22H22N6O5S2/c29-34(30)14-25-22(33-35(31)32)27(16-7-2-1-3-8-16)20-18-12-26-28(21(18)24-13-23-20)19-11-10-15-6-4-5-9-17(15)19/h1-9,12-13,19,22,25H,10-11,14H2,(H,29,30)(H,31,32). The molecule has 0 saturated heterocycles. The Balaban J connectivity index is 1.62. The first-order chi connectivity index (χ1) is 17.0. The van der Waals surface area contributed by atoms with Crippen molar-refractivity contribution < 1.29 is 21.7 Å². The number of fused-ring (bicyclic) bond motifs is 2. The van der Waals surface area contributed by atoms with E-state index >= 15 is 0 Å². The van der Waals surface area contributed by atoms with E-state index in [0.717, 1.165) is 12.8 Å². The van der Waals surface area contributed by atoms with Crippen LogP contribution in [-0.4, -0.2) is 49.5 Å². The van der Waals surface area contributed by atoms with E-state index in [1.807, 2.05) is 22.9 Å². The molecule has 2 aromatic heterocycles. The van der Waals surface area contributed by atoms with Crippen molar-refractivity contribution in [3.63, 3.8) is 0 Å². The fourth-order valence-electron chi connectivity index (χ4n) is 4.40. The summed E-state index contributed by atoms with van der Waals surface area (Å²) in [5.74, 6) is -0.0530. The predicted octanol–water partition coefficient (Wildman–Crippen LogP) is 2.71. The molecule has 0 fully saturated rings. The first-order valence-electron chi connectivity index (χ1n) is 10.7. The van der Waals surface area contributed by atoms with Gasteiger partial charge in [-0.2, -0.15) is 9.31 Å². The number of para-hydroxylation sites is 1. The minimum Gasteiger partial charge on any atom is -0.305 e. The third kappa shape index (κ3) is 4.87.